The van der Waals surface area contributed by atoms with Crippen LogP contribution in [-0.2, 0) is 14.8 Å². The molecule has 0 unspecified atom stereocenters. The largest absolute Gasteiger partial charge is 0.436 e. The fraction of sp³-hybridized carbons (Fsp3) is 0.226. The van der Waals surface area contributed by atoms with Crippen molar-refractivity contribution in [2.75, 3.05) is 29.3 Å². The SMILES string of the molecule is Cc1cc2cc(C(=O)c3cnn(-c4cnc(Oc5ccccc5F)cc4C)c3N)[nH]c2cc1NS(=O)(=O)CC(=O)N1CCCC1. The number of pyridine rings is 1. The number of carbonyl (C=O) groups is 2. The van der Waals surface area contributed by atoms with Gasteiger partial charge in [-0.05, 0) is 68.1 Å². The molecule has 1 fully saturated rings. The number of hydrogen-bond donors (Lipinski definition) is 3. The molecule has 0 bridgehead atoms. The minimum absolute atomic E-state index is 0.0364. The van der Waals surface area contributed by atoms with Crippen LogP contribution in [0.4, 0.5) is 15.9 Å². The van der Waals surface area contributed by atoms with E-state index in [1.807, 2.05) is 0 Å². The summed E-state index contributed by atoms with van der Waals surface area (Å²) in [7, 11) is -3.95. The van der Waals surface area contributed by atoms with Gasteiger partial charge in [0, 0.05) is 30.1 Å². The molecule has 1 aliphatic rings. The third kappa shape index (κ3) is 6.09. The highest BCUT2D eigenvalue weighted by atomic mass is 32.2. The van der Waals surface area contributed by atoms with Crippen molar-refractivity contribution in [3.8, 4) is 17.3 Å². The van der Waals surface area contributed by atoms with E-state index >= 15 is 0 Å². The van der Waals surface area contributed by atoms with Gasteiger partial charge in [0.15, 0.2) is 11.6 Å². The van der Waals surface area contributed by atoms with Crippen molar-refractivity contribution >= 4 is 44.1 Å². The van der Waals surface area contributed by atoms with Gasteiger partial charge in [0.25, 0.3) is 0 Å². The number of ketones is 1. The Morgan fingerprint density at radius 1 is 1.07 bits per heavy atom. The Bertz CT molecular complexity index is 2070. The molecule has 1 amide bonds. The zero-order chi connectivity index (χ0) is 31.9. The molecule has 4 heterocycles. The number of aromatic nitrogens is 4. The first-order chi connectivity index (χ1) is 21.5. The van der Waals surface area contributed by atoms with E-state index in [0.717, 1.165) is 12.8 Å². The van der Waals surface area contributed by atoms with E-state index in [-0.39, 0.29) is 28.7 Å². The number of aryl methyl sites for hydroxylation is 2. The van der Waals surface area contributed by atoms with Crippen LogP contribution in [0, 0.1) is 19.7 Å². The summed E-state index contributed by atoms with van der Waals surface area (Å²) >= 11 is 0. The number of H-pyrrole nitrogens is 1. The number of aromatic amines is 1. The predicted octanol–water partition coefficient (Wildman–Crippen LogP) is 4.47. The minimum Gasteiger partial charge on any atom is -0.436 e. The number of fused-ring (bicyclic) bond motifs is 1. The lowest BCUT2D eigenvalue weighted by Crippen LogP contribution is -2.35. The van der Waals surface area contributed by atoms with E-state index in [4.69, 9.17) is 10.5 Å². The number of sulfonamides is 1. The maximum Gasteiger partial charge on any atom is 0.241 e. The van der Waals surface area contributed by atoms with Gasteiger partial charge in [-0.3, -0.25) is 14.3 Å². The highest BCUT2D eigenvalue weighted by Crippen LogP contribution is 2.29. The first-order valence-corrected chi connectivity index (χ1v) is 15.8. The molecule has 0 saturated carbocycles. The first-order valence-electron chi connectivity index (χ1n) is 14.2. The molecule has 232 valence electrons. The third-order valence-electron chi connectivity index (χ3n) is 7.64. The van der Waals surface area contributed by atoms with Crippen molar-refractivity contribution in [3.63, 3.8) is 0 Å². The Morgan fingerprint density at radius 3 is 2.56 bits per heavy atom. The van der Waals surface area contributed by atoms with E-state index in [1.165, 1.54) is 29.2 Å². The van der Waals surface area contributed by atoms with E-state index in [0.29, 0.717) is 46.5 Å². The molecule has 1 saturated heterocycles. The van der Waals surface area contributed by atoms with Crippen LogP contribution in [0.15, 0.2) is 60.9 Å². The van der Waals surface area contributed by atoms with Gasteiger partial charge in [0.2, 0.25) is 27.6 Å². The van der Waals surface area contributed by atoms with E-state index in [2.05, 4.69) is 19.8 Å². The molecule has 0 atom stereocenters. The average Bonchev–Trinajstić information content (AvgIpc) is 3.75. The molecule has 1 aliphatic heterocycles. The molecular weight excluding hydrogens is 601 g/mol. The first kappa shape index (κ1) is 29.8. The lowest BCUT2D eigenvalue weighted by Gasteiger charge is -2.16. The topological polar surface area (TPSA) is 165 Å². The number of nitrogens with two attached hydrogens (primary N) is 1. The summed E-state index contributed by atoms with van der Waals surface area (Å²) in [4.78, 5) is 34.8. The predicted molar refractivity (Wildman–Crippen MR) is 167 cm³/mol. The Hall–Kier alpha value is -5.24. The standard InChI is InChI=1S/C31H30FN7O5S/c1-18-11-20-13-25(36-24(20)14-23(18)37-45(42,43)17-29(40)38-9-5-6-10-38)30(41)21-15-35-39(31(21)33)26-16-34-28(12-19(26)2)44-27-8-4-3-7-22(27)32/h3-4,7-8,11-16,36-37H,5-6,9-10,17,33H2,1-2H3. The number of likely N-dealkylation sites (tertiary alicyclic amines) is 1. The number of nitrogens with zero attached hydrogens (tertiary/aromatic N) is 4. The Labute approximate surface area is 258 Å². The number of rotatable bonds is 9. The zero-order valence-electron chi connectivity index (χ0n) is 24.5. The molecule has 0 aliphatic carbocycles. The van der Waals surface area contributed by atoms with Gasteiger partial charge in [-0.15, -0.1) is 0 Å². The molecule has 4 N–H and O–H groups in total. The second kappa shape index (κ2) is 11.7. The van der Waals surface area contributed by atoms with Crippen LogP contribution in [0.1, 0.15) is 40.0 Å². The molecule has 0 radical (unpaired) electrons. The Kier molecular flexibility index (Phi) is 7.74. The number of ether oxygens (including phenoxy) is 1. The molecular formula is C31H30FN7O5S. The average molecular weight is 632 g/mol. The zero-order valence-corrected chi connectivity index (χ0v) is 25.3. The van der Waals surface area contributed by atoms with Gasteiger partial charge in [-0.25, -0.2) is 22.5 Å². The third-order valence-corrected chi connectivity index (χ3v) is 8.79. The summed E-state index contributed by atoms with van der Waals surface area (Å²) in [6.45, 7) is 4.65. The van der Waals surface area contributed by atoms with Crippen molar-refractivity contribution < 1.29 is 27.1 Å². The van der Waals surface area contributed by atoms with Gasteiger partial charge in [-0.1, -0.05) is 12.1 Å². The second-order valence-corrected chi connectivity index (χ2v) is 12.6. The van der Waals surface area contributed by atoms with Gasteiger partial charge in [0.1, 0.15) is 11.6 Å². The van der Waals surface area contributed by atoms with Crippen molar-refractivity contribution in [2.24, 2.45) is 0 Å². The van der Waals surface area contributed by atoms with Crippen LogP contribution in [0.5, 0.6) is 11.6 Å². The highest BCUT2D eigenvalue weighted by Gasteiger charge is 2.25. The normalized spacial score (nSPS) is 13.4. The molecule has 6 rings (SSSR count). The van der Waals surface area contributed by atoms with E-state index in [9.17, 15) is 22.4 Å². The summed E-state index contributed by atoms with van der Waals surface area (Å²) in [6, 6.07) is 12.6. The summed E-state index contributed by atoms with van der Waals surface area (Å²) in [5.41, 5.74) is 9.35. The van der Waals surface area contributed by atoms with Crippen molar-refractivity contribution in [1.82, 2.24) is 24.6 Å². The van der Waals surface area contributed by atoms with Crippen LogP contribution in [0.25, 0.3) is 16.6 Å². The van der Waals surface area contributed by atoms with Gasteiger partial charge in [0.05, 0.1) is 35.0 Å². The maximum absolute atomic E-state index is 14.0. The van der Waals surface area contributed by atoms with Crippen molar-refractivity contribution in [3.05, 3.63) is 89.1 Å². The van der Waals surface area contributed by atoms with Gasteiger partial charge in [-0.2, -0.15) is 5.10 Å². The van der Waals surface area contributed by atoms with Gasteiger partial charge < -0.3 is 20.4 Å². The van der Waals surface area contributed by atoms with Crippen LogP contribution >= 0.6 is 0 Å². The summed E-state index contributed by atoms with van der Waals surface area (Å²) in [5.74, 6) is -1.71. The van der Waals surface area contributed by atoms with Crippen LogP contribution in [0.3, 0.4) is 0 Å². The highest BCUT2D eigenvalue weighted by molar-refractivity contribution is 7.93. The number of nitrogen functional groups attached to an aromatic ring is 1. The molecule has 2 aromatic carbocycles. The van der Waals surface area contributed by atoms with Crippen LogP contribution in [-0.4, -0.2) is 63.6 Å². The molecule has 45 heavy (non-hydrogen) atoms. The number of hydrogen-bond acceptors (Lipinski definition) is 8. The lowest BCUT2D eigenvalue weighted by molar-refractivity contribution is -0.127. The fourth-order valence-corrected chi connectivity index (χ4v) is 6.40. The van der Waals surface area contributed by atoms with Gasteiger partial charge >= 0.3 is 0 Å². The Morgan fingerprint density at radius 2 is 1.82 bits per heavy atom. The maximum atomic E-state index is 14.0. The van der Waals surface area contributed by atoms with E-state index < -0.39 is 33.3 Å². The summed E-state index contributed by atoms with van der Waals surface area (Å²) in [5, 5.41) is 4.99. The minimum atomic E-state index is -3.95. The molecule has 3 aromatic heterocycles. The molecule has 0 spiro atoms. The Balaban J connectivity index is 1.21. The van der Waals surface area contributed by atoms with E-state index in [1.54, 1.807) is 55.1 Å². The smallest absolute Gasteiger partial charge is 0.241 e. The quantitative estimate of drug-likeness (QED) is 0.201. The second-order valence-electron chi connectivity index (χ2n) is 10.9. The number of anilines is 2. The van der Waals surface area contributed by atoms with Crippen molar-refractivity contribution in [2.45, 2.75) is 26.7 Å². The van der Waals surface area contributed by atoms with Crippen molar-refractivity contribution in [1.29, 1.82) is 0 Å². The summed E-state index contributed by atoms with van der Waals surface area (Å²) < 4.78 is 49.0. The number of halogens is 1. The molecule has 14 heteroatoms. The lowest BCUT2D eigenvalue weighted by atomic mass is 10.1. The number of nitrogens with one attached hydrogen (secondary N) is 2. The molecule has 5 aromatic rings. The number of para-hydroxylation sites is 1. The number of benzene rings is 2. The molecule has 12 nitrogen and oxygen atoms in total. The number of carbonyl (C=O) groups excluding carboxylic acids is 2. The monoisotopic (exact) mass is 631 g/mol. The number of amides is 1. The van der Waals surface area contributed by atoms with Crippen LogP contribution in [0.2, 0.25) is 0 Å². The van der Waals surface area contributed by atoms with Crippen LogP contribution < -0.4 is 15.2 Å². The fourth-order valence-electron chi connectivity index (χ4n) is 5.26. The summed E-state index contributed by atoms with van der Waals surface area (Å²) in [6.07, 6.45) is 4.56.